The molecule has 10 nitrogen and oxygen atoms in total. The van der Waals surface area contributed by atoms with Gasteiger partial charge in [0.25, 0.3) is 0 Å². The average molecular weight is 687 g/mol. The van der Waals surface area contributed by atoms with Crippen LogP contribution in [-0.4, -0.2) is 91.7 Å². The SMILES string of the molecule is Nc1ncnc2c1c(-c1ccc(Oc3ccccc3)cc1)nn2C1CCN(C2CCN(C3CN(C(=O)CC45CC6CC(C4)C(C6)C5)C3)CC2)CC1. The highest BCUT2D eigenvalue weighted by Crippen LogP contribution is 2.65. The minimum atomic E-state index is 0.264. The van der Waals surface area contributed by atoms with Crippen molar-refractivity contribution in [1.29, 1.82) is 0 Å². The molecule has 3 aliphatic heterocycles. The van der Waals surface area contributed by atoms with Gasteiger partial charge in [0, 0.05) is 63.3 Å². The van der Waals surface area contributed by atoms with E-state index in [0.29, 0.717) is 29.2 Å². The number of nitrogen functional groups attached to an aromatic ring is 1. The molecule has 2 atom stereocenters. The highest BCUT2D eigenvalue weighted by molar-refractivity contribution is 5.98. The molecule has 0 radical (unpaired) electrons. The van der Waals surface area contributed by atoms with Gasteiger partial charge in [0.1, 0.15) is 29.3 Å². The normalized spacial score (nSPS) is 28.9. The van der Waals surface area contributed by atoms with Crippen LogP contribution in [-0.2, 0) is 4.79 Å². The number of para-hydroxylation sites is 1. The lowest BCUT2D eigenvalue weighted by Gasteiger charge is -2.50. The summed E-state index contributed by atoms with van der Waals surface area (Å²) >= 11 is 0. The van der Waals surface area contributed by atoms with Crippen molar-refractivity contribution < 1.29 is 9.53 Å². The van der Waals surface area contributed by atoms with Gasteiger partial charge in [0.15, 0.2) is 5.65 Å². The first kappa shape index (κ1) is 31.7. The molecule has 51 heavy (non-hydrogen) atoms. The topological polar surface area (TPSA) is 106 Å². The first-order chi connectivity index (χ1) is 25.0. The van der Waals surface area contributed by atoms with Gasteiger partial charge in [-0.05, 0) is 117 Å². The van der Waals surface area contributed by atoms with Gasteiger partial charge in [0.2, 0.25) is 5.91 Å². The Hall–Kier alpha value is -4.02. The number of fused-ring (bicyclic) bond motifs is 1. The molecule has 5 heterocycles. The van der Waals surface area contributed by atoms with Gasteiger partial charge >= 0.3 is 0 Å². The fourth-order valence-electron chi connectivity index (χ4n) is 11.4. The number of aromatic nitrogens is 4. The van der Waals surface area contributed by atoms with E-state index < -0.39 is 0 Å². The fraction of sp³-hybridized carbons (Fsp3) is 0.561. The summed E-state index contributed by atoms with van der Waals surface area (Å²) in [5.41, 5.74) is 9.41. The Morgan fingerprint density at radius 1 is 0.784 bits per heavy atom. The number of nitrogens with zero attached hydrogens (tertiary/aromatic N) is 7. The highest BCUT2D eigenvalue weighted by Gasteiger charge is 2.56. The molecule has 4 aliphatic carbocycles. The van der Waals surface area contributed by atoms with Crippen molar-refractivity contribution in [2.24, 2.45) is 23.2 Å². The number of carbonyl (C=O) groups is 1. The number of carbonyl (C=O) groups excluding carboxylic acids is 1. The molecular formula is C41H50N8O2. The van der Waals surface area contributed by atoms with E-state index in [-0.39, 0.29) is 6.04 Å². The van der Waals surface area contributed by atoms with Crippen LogP contribution in [0.4, 0.5) is 5.82 Å². The smallest absolute Gasteiger partial charge is 0.223 e. The maximum atomic E-state index is 13.3. The van der Waals surface area contributed by atoms with Gasteiger partial charge in [-0.15, -0.1) is 0 Å². The number of nitrogens with two attached hydrogens (primary N) is 1. The predicted octanol–water partition coefficient (Wildman–Crippen LogP) is 6.40. The Kier molecular flexibility index (Phi) is 7.82. The maximum Gasteiger partial charge on any atom is 0.223 e. The van der Waals surface area contributed by atoms with Gasteiger partial charge in [-0.3, -0.25) is 9.69 Å². The van der Waals surface area contributed by atoms with Crippen LogP contribution in [0.1, 0.15) is 70.3 Å². The molecule has 2 N–H and O–H groups in total. The Labute approximate surface area is 300 Å². The van der Waals surface area contributed by atoms with Crippen molar-refractivity contribution in [2.45, 2.75) is 82.3 Å². The second-order valence-corrected chi connectivity index (χ2v) is 16.8. The highest BCUT2D eigenvalue weighted by atomic mass is 16.5. The molecule has 0 spiro atoms. The molecule has 7 fully saturated rings. The zero-order valence-electron chi connectivity index (χ0n) is 29.6. The van der Waals surface area contributed by atoms with Crippen LogP contribution in [0.2, 0.25) is 0 Å². The molecule has 1 amide bonds. The van der Waals surface area contributed by atoms with Crippen LogP contribution in [0.25, 0.3) is 22.3 Å². The van der Waals surface area contributed by atoms with Crippen LogP contribution in [0.15, 0.2) is 60.9 Å². The Bertz CT molecular complexity index is 1870. The molecule has 10 heteroatoms. The summed E-state index contributed by atoms with van der Waals surface area (Å²) in [7, 11) is 0. The van der Waals surface area contributed by atoms with Gasteiger partial charge in [-0.1, -0.05) is 18.2 Å². The number of piperidine rings is 2. The van der Waals surface area contributed by atoms with Gasteiger partial charge < -0.3 is 20.3 Å². The number of hydrogen-bond donors (Lipinski definition) is 1. The second-order valence-electron chi connectivity index (χ2n) is 16.8. The molecule has 2 aromatic carbocycles. The van der Waals surface area contributed by atoms with Crippen molar-refractivity contribution in [3.63, 3.8) is 0 Å². The fourth-order valence-corrected chi connectivity index (χ4v) is 11.4. The van der Waals surface area contributed by atoms with E-state index >= 15 is 0 Å². The van der Waals surface area contributed by atoms with Crippen molar-refractivity contribution in [1.82, 2.24) is 34.4 Å². The van der Waals surface area contributed by atoms with E-state index in [1.54, 1.807) is 6.33 Å². The minimum Gasteiger partial charge on any atom is -0.457 e. The molecule has 2 aromatic heterocycles. The molecular weight excluding hydrogens is 637 g/mol. The monoisotopic (exact) mass is 686 g/mol. The summed E-state index contributed by atoms with van der Waals surface area (Å²) in [5.74, 6) is 5.29. The summed E-state index contributed by atoms with van der Waals surface area (Å²) < 4.78 is 8.13. The molecule has 2 unspecified atom stereocenters. The van der Waals surface area contributed by atoms with E-state index in [1.165, 1.54) is 44.9 Å². The number of hydrogen-bond acceptors (Lipinski definition) is 8. The molecule has 3 saturated heterocycles. The molecule has 7 aliphatic rings. The van der Waals surface area contributed by atoms with E-state index in [1.807, 2.05) is 54.6 Å². The molecule has 4 saturated carbocycles. The van der Waals surface area contributed by atoms with Crippen molar-refractivity contribution >= 4 is 22.8 Å². The summed E-state index contributed by atoms with van der Waals surface area (Å²) in [6, 6.07) is 19.3. The van der Waals surface area contributed by atoms with E-state index in [4.69, 9.17) is 15.6 Å². The van der Waals surface area contributed by atoms with Crippen LogP contribution in [0.3, 0.4) is 0 Å². The molecule has 266 valence electrons. The number of anilines is 1. The molecule has 4 bridgehead atoms. The van der Waals surface area contributed by atoms with E-state index in [0.717, 1.165) is 110 Å². The first-order valence-corrected chi connectivity index (χ1v) is 19.5. The third-order valence-electron chi connectivity index (χ3n) is 13.8. The lowest BCUT2D eigenvalue weighted by Crippen LogP contribution is -2.63. The lowest BCUT2D eigenvalue weighted by atomic mass is 9.67. The standard InChI is InChI=1S/C41H50N8O2/c42-39-37-38(28-6-8-35(9-7-28)51-34-4-2-1-3-5-34)45-49(40(37)44-26-43-39)32-12-16-46(17-13-32)31-10-14-47(15-11-31)33-24-48(25-33)36(50)23-41-20-27-18-29(21-41)30(19-27)22-41/h1-9,26-27,29-33H,10-25H2,(H2,42,43,44). The summed E-state index contributed by atoms with van der Waals surface area (Å²) in [4.78, 5) is 29.9. The number of benzene rings is 2. The van der Waals surface area contributed by atoms with E-state index in [2.05, 4.69) is 29.3 Å². The first-order valence-electron chi connectivity index (χ1n) is 19.5. The van der Waals surface area contributed by atoms with Crippen LogP contribution >= 0.6 is 0 Å². The third-order valence-corrected chi connectivity index (χ3v) is 13.8. The number of rotatable bonds is 8. The number of likely N-dealkylation sites (tertiary alicyclic amines) is 3. The maximum absolute atomic E-state index is 13.3. The van der Waals surface area contributed by atoms with E-state index in [9.17, 15) is 4.79 Å². The Morgan fingerprint density at radius 3 is 2.12 bits per heavy atom. The second kappa shape index (κ2) is 12.6. The Balaban J connectivity index is 0.731. The van der Waals surface area contributed by atoms with Crippen molar-refractivity contribution in [2.75, 3.05) is 45.0 Å². The molecule has 11 rings (SSSR count). The number of ether oxygens (including phenoxy) is 1. The van der Waals surface area contributed by atoms with Crippen LogP contribution < -0.4 is 10.5 Å². The van der Waals surface area contributed by atoms with Crippen molar-refractivity contribution in [3.05, 3.63) is 60.9 Å². The minimum absolute atomic E-state index is 0.264. The summed E-state index contributed by atoms with van der Waals surface area (Å²) in [6.07, 6.45) is 13.8. The van der Waals surface area contributed by atoms with Gasteiger partial charge in [-0.25, -0.2) is 14.6 Å². The summed E-state index contributed by atoms with van der Waals surface area (Å²) in [5, 5.41) is 5.96. The Morgan fingerprint density at radius 2 is 1.43 bits per heavy atom. The third kappa shape index (κ3) is 5.79. The van der Waals surface area contributed by atoms with Crippen molar-refractivity contribution in [3.8, 4) is 22.8 Å². The van der Waals surface area contributed by atoms with Crippen LogP contribution in [0, 0.1) is 23.2 Å². The average Bonchev–Trinajstić information content (AvgIpc) is 3.73. The largest absolute Gasteiger partial charge is 0.457 e. The van der Waals surface area contributed by atoms with Crippen LogP contribution in [0.5, 0.6) is 11.5 Å². The quantitative estimate of drug-likeness (QED) is 0.227. The van der Waals surface area contributed by atoms with Gasteiger partial charge in [-0.2, -0.15) is 5.10 Å². The predicted molar refractivity (Wildman–Crippen MR) is 197 cm³/mol. The lowest BCUT2D eigenvalue weighted by molar-refractivity contribution is -0.142. The number of amides is 1. The summed E-state index contributed by atoms with van der Waals surface area (Å²) in [6.45, 7) is 6.30. The zero-order chi connectivity index (χ0) is 34.1. The zero-order valence-corrected chi connectivity index (χ0v) is 29.6. The van der Waals surface area contributed by atoms with Gasteiger partial charge in [0.05, 0.1) is 11.4 Å². The molecule has 4 aromatic rings.